The summed E-state index contributed by atoms with van der Waals surface area (Å²) in [5, 5.41) is 0. The van der Waals surface area contributed by atoms with Crippen LogP contribution in [0, 0.1) is 0 Å². The number of ether oxygens (including phenoxy) is 2. The van der Waals surface area contributed by atoms with Gasteiger partial charge in [0.25, 0.3) is 0 Å². The fourth-order valence-electron chi connectivity index (χ4n) is 1.20. The largest absolute Gasteiger partial charge is 0.498 e. The normalized spacial score (nSPS) is 11.5. The average molecular weight is 204 g/mol. The Morgan fingerprint density at radius 1 is 1.20 bits per heavy atom. The van der Waals surface area contributed by atoms with Gasteiger partial charge < -0.3 is 9.47 Å². The molecule has 0 aliphatic rings. The minimum Gasteiger partial charge on any atom is -0.498 e. The van der Waals surface area contributed by atoms with Crippen LogP contribution in [0.1, 0.15) is 6.42 Å². The molecule has 0 aliphatic heterocycles. The van der Waals surface area contributed by atoms with Crippen molar-refractivity contribution < 1.29 is 9.47 Å². The molecule has 1 atom stereocenters. The van der Waals surface area contributed by atoms with Crippen LogP contribution < -0.4 is 4.74 Å². The number of rotatable bonds is 7. The Hall–Kier alpha value is -1.70. The average Bonchev–Trinajstić information content (AvgIpc) is 2.28. The minimum absolute atomic E-state index is 0.0112. The summed E-state index contributed by atoms with van der Waals surface area (Å²) in [5.41, 5.74) is 0. The molecular weight excluding hydrogens is 188 g/mol. The Bertz CT molecular complexity index is 293. The fourth-order valence-corrected chi connectivity index (χ4v) is 1.20. The summed E-state index contributed by atoms with van der Waals surface area (Å²) >= 11 is 0. The SMILES string of the molecule is C=CCC(COC=C)Oc1ccccc1. The van der Waals surface area contributed by atoms with Crippen LogP contribution in [0.5, 0.6) is 5.75 Å². The van der Waals surface area contributed by atoms with E-state index in [0.29, 0.717) is 6.61 Å². The van der Waals surface area contributed by atoms with Crippen LogP contribution in [0.2, 0.25) is 0 Å². The van der Waals surface area contributed by atoms with Gasteiger partial charge in [-0.05, 0) is 12.1 Å². The molecule has 0 aromatic heterocycles. The third-order valence-electron chi connectivity index (χ3n) is 1.88. The molecular formula is C13H16O2. The molecule has 0 spiro atoms. The van der Waals surface area contributed by atoms with Crippen LogP contribution in [0.4, 0.5) is 0 Å². The van der Waals surface area contributed by atoms with Gasteiger partial charge in [-0.3, -0.25) is 0 Å². The lowest BCUT2D eigenvalue weighted by molar-refractivity contribution is 0.105. The zero-order valence-electron chi connectivity index (χ0n) is 8.76. The van der Waals surface area contributed by atoms with E-state index in [0.717, 1.165) is 12.2 Å². The summed E-state index contributed by atoms with van der Waals surface area (Å²) in [6.45, 7) is 7.68. The van der Waals surface area contributed by atoms with Crippen molar-refractivity contribution in [2.45, 2.75) is 12.5 Å². The van der Waals surface area contributed by atoms with Gasteiger partial charge in [-0.2, -0.15) is 0 Å². The molecule has 1 unspecified atom stereocenters. The molecule has 0 aliphatic carbocycles. The molecule has 0 saturated heterocycles. The maximum Gasteiger partial charge on any atom is 0.136 e. The van der Waals surface area contributed by atoms with Crippen LogP contribution in [-0.2, 0) is 4.74 Å². The lowest BCUT2D eigenvalue weighted by atomic mass is 10.2. The Labute approximate surface area is 90.8 Å². The van der Waals surface area contributed by atoms with Gasteiger partial charge in [0, 0.05) is 6.42 Å². The van der Waals surface area contributed by atoms with Gasteiger partial charge in [0.2, 0.25) is 0 Å². The van der Waals surface area contributed by atoms with E-state index in [1.807, 2.05) is 36.4 Å². The fraction of sp³-hybridized carbons (Fsp3) is 0.231. The van der Waals surface area contributed by atoms with E-state index in [-0.39, 0.29) is 6.10 Å². The first-order valence-electron chi connectivity index (χ1n) is 4.92. The van der Waals surface area contributed by atoms with E-state index in [1.165, 1.54) is 6.26 Å². The van der Waals surface area contributed by atoms with Gasteiger partial charge in [0.1, 0.15) is 18.5 Å². The summed E-state index contributed by atoms with van der Waals surface area (Å²) in [4.78, 5) is 0. The summed E-state index contributed by atoms with van der Waals surface area (Å²) in [5.74, 6) is 0.844. The molecule has 1 rings (SSSR count). The molecule has 2 nitrogen and oxygen atoms in total. The standard InChI is InChI=1S/C13H16O2/c1-3-8-13(11-14-4-2)15-12-9-6-5-7-10-12/h3-7,9-10,13H,1-2,8,11H2. The first kappa shape index (κ1) is 11.4. The van der Waals surface area contributed by atoms with Gasteiger partial charge in [-0.1, -0.05) is 30.9 Å². The van der Waals surface area contributed by atoms with Gasteiger partial charge in [-0.25, -0.2) is 0 Å². The van der Waals surface area contributed by atoms with Crippen LogP contribution in [0.15, 0.2) is 55.8 Å². The summed E-state index contributed by atoms with van der Waals surface area (Å²) in [7, 11) is 0. The van der Waals surface area contributed by atoms with Crippen LogP contribution in [0.3, 0.4) is 0 Å². The highest BCUT2D eigenvalue weighted by molar-refractivity contribution is 5.21. The molecule has 0 radical (unpaired) electrons. The van der Waals surface area contributed by atoms with Crippen molar-refractivity contribution in [2.24, 2.45) is 0 Å². The Kier molecular flexibility index (Phi) is 5.09. The molecule has 15 heavy (non-hydrogen) atoms. The van der Waals surface area contributed by atoms with Crippen molar-refractivity contribution in [3.8, 4) is 5.75 Å². The van der Waals surface area contributed by atoms with Gasteiger partial charge >= 0.3 is 0 Å². The van der Waals surface area contributed by atoms with Gasteiger partial charge in [0.15, 0.2) is 0 Å². The molecule has 0 bridgehead atoms. The second-order valence-corrected chi connectivity index (χ2v) is 3.08. The van der Waals surface area contributed by atoms with E-state index in [9.17, 15) is 0 Å². The van der Waals surface area contributed by atoms with Crippen molar-refractivity contribution in [2.75, 3.05) is 6.61 Å². The topological polar surface area (TPSA) is 18.5 Å². The minimum atomic E-state index is -0.0112. The van der Waals surface area contributed by atoms with E-state index in [2.05, 4.69) is 13.2 Å². The highest BCUT2D eigenvalue weighted by atomic mass is 16.5. The second kappa shape index (κ2) is 6.71. The molecule has 80 valence electrons. The van der Waals surface area contributed by atoms with Crippen LogP contribution >= 0.6 is 0 Å². The van der Waals surface area contributed by atoms with Crippen molar-refractivity contribution in [3.63, 3.8) is 0 Å². The Morgan fingerprint density at radius 3 is 2.53 bits per heavy atom. The van der Waals surface area contributed by atoms with Crippen LogP contribution in [-0.4, -0.2) is 12.7 Å². The predicted octanol–water partition coefficient (Wildman–Crippen LogP) is 3.17. The van der Waals surface area contributed by atoms with Crippen molar-refractivity contribution in [3.05, 3.63) is 55.8 Å². The van der Waals surface area contributed by atoms with Crippen molar-refractivity contribution >= 4 is 0 Å². The Balaban J connectivity index is 2.50. The second-order valence-electron chi connectivity index (χ2n) is 3.08. The summed E-state index contributed by atoms with van der Waals surface area (Å²) < 4.78 is 10.8. The zero-order valence-corrected chi connectivity index (χ0v) is 8.76. The molecule has 0 N–H and O–H groups in total. The number of hydrogen-bond acceptors (Lipinski definition) is 2. The zero-order chi connectivity index (χ0) is 10.9. The van der Waals surface area contributed by atoms with E-state index < -0.39 is 0 Å². The van der Waals surface area contributed by atoms with Crippen molar-refractivity contribution in [1.29, 1.82) is 0 Å². The molecule has 1 aromatic carbocycles. The molecule has 0 amide bonds. The molecule has 0 heterocycles. The van der Waals surface area contributed by atoms with Crippen molar-refractivity contribution in [1.82, 2.24) is 0 Å². The Morgan fingerprint density at radius 2 is 1.93 bits per heavy atom. The van der Waals surface area contributed by atoms with Crippen LogP contribution in [0.25, 0.3) is 0 Å². The monoisotopic (exact) mass is 204 g/mol. The molecule has 0 fully saturated rings. The molecule has 2 heteroatoms. The lowest BCUT2D eigenvalue weighted by Gasteiger charge is -2.16. The van der Waals surface area contributed by atoms with Gasteiger partial charge in [-0.15, -0.1) is 6.58 Å². The molecule has 1 aromatic rings. The quantitative estimate of drug-likeness (QED) is 0.501. The summed E-state index contributed by atoms with van der Waals surface area (Å²) in [6.07, 6.45) is 3.98. The maximum atomic E-state index is 5.71. The highest BCUT2D eigenvalue weighted by Gasteiger charge is 2.08. The smallest absolute Gasteiger partial charge is 0.136 e. The highest BCUT2D eigenvalue weighted by Crippen LogP contribution is 2.13. The number of benzene rings is 1. The maximum absolute atomic E-state index is 5.71. The third kappa shape index (κ3) is 4.36. The molecule has 0 saturated carbocycles. The number of hydrogen-bond donors (Lipinski definition) is 0. The van der Waals surface area contributed by atoms with E-state index in [1.54, 1.807) is 0 Å². The third-order valence-corrected chi connectivity index (χ3v) is 1.88. The number of para-hydroxylation sites is 1. The first-order valence-corrected chi connectivity index (χ1v) is 4.92. The van der Waals surface area contributed by atoms with E-state index >= 15 is 0 Å². The first-order chi connectivity index (χ1) is 7.36. The van der Waals surface area contributed by atoms with E-state index in [4.69, 9.17) is 9.47 Å². The predicted molar refractivity (Wildman–Crippen MR) is 61.8 cm³/mol. The summed E-state index contributed by atoms with van der Waals surface area (Å²) in [6, 6.07) is 9.67. The lowest BCUT2D eigenvalue weighted by Crippen LogP contribution is -2.21. The van der Waals surface area contributed by atoms with Gasteiger partial charge in [0.05, 0.1) is 6.26 Å².